The van der Waals surface area contributed by atoms with Gasteiger partial charge in [-0.15, -0.1) is 0 Å². The topological polar surface area (TPSA) is 75.7 Å². The average molecular weight is 397 g/mol. The molecule has 1 saturated heterocycles. The Balaban J connectivity index is 1.45. The molecular weight excluding hydrogens is 374 g/mol. The molecule has 6 nitrogen and oxygen atoms in total. The number of piperazine rings is 1. The normalized spacial score (nSPS) is 14.2. The molecule has 0 unspecified atom stereocenters. The number of amides is 1. The van der Waals surface area contributed by atoms with Gasteiger partial charge in [0, 0.05) is 49.2 Å². The quantitative estimate of drug-likeness (QED) is 0.520. The number of benzene rings is 2. The number of carbonyl (C=O) groups is 1. The van der Waals surface area contributed by atoms with Crippen LogP contribution in [0.2, 0.25) is 0 Å². The van der Waals surface area contributed by atoms with Crippen LogP contribution in [-0.4, -0.2) is 46.4 Å². The fourth-order valence-electron chi connectivity index (χ4n) is 3.87. The van der Waals surface area contributed by atoms with Crippen LogP contribution >= 0.6 is 0 Å². The van der Waals surface area contributed by atoms with Crippen LogP contribution in [0.15, 0.2) is 73.1 Å². The maximum Gasteiger partial charge on any atom is 0.253 e. The van der Waals surface area contributed by atoms with Crippen LogP contribution in [0.25, 0.3) is 28.0 Å². The number of pyridine rings is 1. The van der Waals surface area contributed by atoms with Crippen molar-refractivity contribution in [2.24, 2.45) is 0 Å². The maximum absolute atomic E-state index is 12.7. The van der Waals surface area contributed by atoms with E-state index in [9.17, 15) is 4.79 Å². The third kappa shape index (κ3) is 3.42. The number of rotatable bonds is 3. The van der Waals surface area contributed by atoms with Gasteiger partial charge >= 0.3 is 0 Å². The fourth-order valence-corrected chi connectivity index (χ4v) is 3.87. The molecule has 30 heavy (non-hydrogen) atoms. The zero-order chi connectivity index (χ0) is 20.5. The molecule has 0 atom stereocenters. The average Bonchev–Trinajstić information content (AvgIpc) is 3.23. The molecule has 1 amide bonds. The largest absolute Gasteiger partial charge is 0.399 e. The second-order valence-corrected chi connectivity index (χ2v) is 7.53. The summed E-state index contributed by atoms with van der Waals surface area (Å²) in [7, 11) is 0. The molecule has 3 N–H and O–H groups in total. The van der Waals surface area contributed by atoms with Crippen LogP contribution in [0.1, 0.15) is 10.4 Å². The summed E-state index contributed by atoms with van der Waals surface area (Å²) in [4.78, 5) is 19.1. The van der Waals surface area contributed by atoms with Crippen LogP contribution in [0.3, 0.4) is 0 Å². The van der Waals surface area contributed by atoms with Crippen molar-refractivity contribution < 1.29 is 4.79 Å². The molecule has 1 fully saturated rings. The molecular formula is C24H23N5O. The van der Waals surface area contributed by atoms with Crippen molar-refractivity contribution in [3.8, 4) is 22.4 Å². The molecule has 2 aromatic heterocycles. The highest BCUT2D eigenvalue weighted by Gasteiger charge is 2.17. The maximum atomic E-state index is 12.7. The number of hydrogen-bond acceptors (Lipinski definition) is 4. The highest BCUT2D eigenvalue weighted by atomic mass is 16.2. The van der Waals surface area contributed by atoms with Gasteiger partial charge in [0.1, 0.15) is 5.65 Å². The lowest BCUT2D eigenvalue weighted by molar-refractivity contribution is 0.0736. The lowest BCUT2D eigenvalue weighted by atomic mass is 10.0. The number of fused-ring (bicyclic) bond motifs is 1. The number of nitrogens with two attached hydrogens (primary N) is 1. The Morgan fingerprint density at radius 2 is 1.53 bits per heavy atom. The lowest BCUT2D eigenvalue weighted by Crippen LogP contribution is -2.46. The van der Waals surface area contributed by atoms with Gasteiger partial charge in [-0.1, -0.05) is 24.3 Å². The van der Waals surface area contributed by atoms with Gasteiger partial charge in [0.2, 0.25) is 0 Å². The standard InChI is InChI=1S/C24H23N5O/c25-21-8-5-18(6-9-21)22-15-27-23-10-7-20(16-29(22)23)17-1-3-19(4-2-17)24(30)28-13-11-26-12-14-28/h1-10,15-16,26H,11-14,25H2. The fraction of sp³-hybridized carbons (Fsp3) is 0.167. The Labute approximate surface area is 175 Å². The molecule has 1 aliphatic heterocycles. The van der Waals surface area contributed by atoms with E-state index in [0.29, 0.717) is 0 Å². The van der Waals surface area contributed by atoms with E-state index < -0.39 is 0 Å². The molecule has 0 spiro atoms. The molecule has 0 radical (unpaired) electrons. The van der Waals surface area contributed by atoms with Crippen LogP contribution < -0.4 is 11.1 Å². The third-order valence-corrected chi connectivity index (χ3v) is 5.58. The molecule has 150 valence electrons. The minimum absolute atomic E-state index is 0.0961. The summed E-state index contributed by atoms with van der Waals surface area (Å²) in [6.45, 7) is 3.22. The molecule has 1 aliphatic rings. The minimum atomic E-state index is 0.0961. The minimum Gasteiger partial charge on any atom is -0.399 e. The van der Waals surface area contributed by atoms with Gasteiger partial charge in [-0.25, -0.2) is 4.98 Å². The Kier molecular flexibility index (Phi) is 4.69. The number of carbonyl (C=O) groups excluding carboxylic acids is 1. The van der Waals surface area contributed by atoms with Crippen molar-refractivity contribution in [2.75, 3.05) is 31.9 Å². The Morgan fingerprint density at radius 1 is 0.867 bits per heavy atom. The number of imidazole rings is 1. The highest BCUT2D eigenvalue weighted by molar-refractivity contribution is 5.94. The second kappa shape index (κ2) is 7.65. The molecule has 6 heteroatoms. The molecule has 0 aliphatic carbocycles. The predicted octanol–water partition coefficient (Wildman–Crippen LogP) is 3.30. The summed E-state index contributed by atoms with van der Waals surface area (Å²) in [6.07, 6.45) is 3.96. The first-order valence-corrected chi connectivity index (χ1v) is 10.1. The van der Waals surface area contributed by atoms with Gasteiger partial charge in [-0.2, -0.15) is 0 Å². The van der Waals surface area contributed by atoms with E-state index >= 15 is 0 Å². The van der Waals surface area contributed by atoms with Gasteiger partial charge in [-0.05, 0) is 47.5 Å². The molecule has 0 bridgehead atoms. The highest BCUT2D eigenvalue weighted by Crippen LogP contribution is 2.26. The number of anilines is 1. The van der Waals surface area contributed by atoms with Gasteiger partial charge in [0.05, 0.1) is 11.9 Å². The monoisotopic (exact) mass is 397 g/mol. The van der Waals surface area contributed by atoms with Crippen molar-refractivity contribution in [3.63, 3.8) is 0 Å². The van der Waals surface area contributed by atoms with E-state index in [1.807, 2.05) is 65.7 Å². The first-order chi connectivity index (χ1) is 14.7. The third-order valence-electron chi connectivity index (χ3n) is 5.58. The zero-order valence-corrected chi connectivity index (χ0v) is 16.6. The zero-order valence-electron chi connectivity index (χ0n) is 16.6. The van der Waals surface area contributed by atoms with Crippen molar-refractivity contribution >= 4 is 17.2 Å². The Bertz CT molecular complexity index is 1190. The first kappa shape index (κ1) is 18.4. The number of nitrogens with zero attached hydrogens (tertiary/aromatic N) is 3. The van der Waals surface area contributed by atoms with E-state index in [1.165, 1.54) is 0 Å². The van der Waals surface area contributed by atoms with E-state index in [-0.39, 0.29) is 5.91 Å². The van der Waals surface area contributed by atoms with E-state index in [2.05, 4.69) is 27.0 Å². The van der Waals surface area contributed by atoms with Crippen LogP contribution in [0.4, 0.5) is 5.69 Å². The summed E-state index contributed by atoms with van der Waals surface area (Å²) < 4.78 is 2.08. The van der Waals surface area contributed by atoms with Gasteiger partial charge < -0.3 is 16.0 Å². The number of nitrogen functional groups attached to an aromatic ring is 1. The van der Waals surface area contributed by atoms with E-state index in [1.54, 1.807) is 0 Å². The second-order valence-electron chi connectivity index (χ2n) is 7.53. The first-order valence-electron chi connectivity index (χ1n) is 10.1. The molecule has 2 aromatic carbocycles. The molecule has 4 aromatic rings. The van der Waals surface area contributed by atoms with Crippen molar-refractivity contribution in [3.05, 3.63) is 78.6 Å². The van der Waals surface area contributed by atoms with Gasteiger partial charge in [-0.3, -0.25) is 9.20 Å². The van der Waals surface area contributed by atoms with Crippen LogP contribution in [0, 0.1) is 0 Å². The van der Waals surface area contributed by atoms with Gasteiger partial charge in [0.25, 0.3) is 5.91 Å². The van der Waals surface area contributed by atoms with Crippen molar-refractivity contribution in [2.45, 2.75) is 0 Å². The smallest absolute Gasteiger partial charge is 0.253 e. The number of nitrogens with one attached hydrogen (secondary N) is 1. The van der Waals surface area contributed by atoms with E-state index in [4.69, 9.17) is 5.73 Å². The predicted molar refractivity (Wildman–Crippen MR) is 119 cm³/mol. The van der Waals surface area contributed by atoms with Gasteiger partial charge in [0.15, 0.2) is 0 Å². The molecule has 3 heterocycles. The van der Waals surface area contributed by atoms with Crippen LogP contribution in [-0.2, 0) is 0 Å². The summed E-state index contributed by atoms with van der Waals surface area (Å²) in [6, 6.07) is 19.7. The van der Waals surface area contributed by atoms with E-state index in [0.717, 1.165) is 65.5 Å². The summed E-state index contributed by atoms with van der Waals surface area (Å²) in [5.41, 5.74) is 12.4. The molecule has 0 saturated carbocycles. The van der Waals surface area contributed by atoms with Crippen molar-refractivity contribution in [1.82, 2.24) is 19.6 Å². The SMILES string of the molecule is Nc1ccc(-c2cnc3ccc(-c4ccc(C(=O)N5CCNCC5)cc4)cn23)cc1. The summed E-state index contributed by atoms with van der Waals surface area (Å²) in [5, 5.41) is 3.28. The Morgan fingerprint density at radius 3 is 2.27 bits per heavy atom. The number of hydrogen-bond donors (Lipinski definition) is 2. The Hall–Kier alpha value is -3.64. The van der Waals surface area contributed by atoms with Crippen LogP contribution in [0.5, 0.6) is 0 Å². The molecule has 5 rings (SSSR count). The summed E-state index contributed by atoms with van der Waals surface area (Å²) in [5.74, 6) is 0.0961. The van der Waals surface area contributed by atoms with Crippen molar-refractivity contribution in [1.29, 1.82) is 0 Å². The summed E-state index contributed by atoms with van der Waals surface area (Å²) >= 11 is 0. The number of aromatic nitrogens is 2. The lowest BCUT2D eigenvalue weighted by Gasteiger charge is -2.27.